The van der Waals surface area contributed by atoms with Crippen molar-refractivity contribution in [3.63, 3.8) is 0 Å². The van der Waals surface area contributed by atoms with Crippen LogP contribution in [0.4, 0.5) is 0 Å². The second kappa shape index (κ2) is 5.93. The quantitative estimate of drug-likeness (QED) is 0.920. The first-order valence-corrected chi connectivity index (χ1v) is 8.12. The summed E-state index contributed by atoms with van der Waals surface area (Å²) in [6, 6.07) is 6.74. The number of piperidine rings is 1. The number of carbonyl (C=O) groups is 1. The molecule has 0 unspecified atom stereocenters. The normalized spacial score (nSPS) is 20.8. The van der Waals surface area contributed by atoms with Crippen LogP contribution in [-0.2, 0) is 14.8 Å². The van der Waals surface area contributed by atoms with Crippen LogP contribution in [0, 0.1) is 12.8 Å². The van der Waals surface area contributed by atoms with Gasteiger partial charge in [0.05, 0.1) is 4.90 Å². The Morgan fingerprint density at radius 3 is 2.60 bits per heavy atom. The predicted molar refractivity (Wildman–Crippen MR) is 74.9 cm³/mol. The Labute approximate surface area is 119 Å². The maximum absolute atomic E-state index is 12.5. The maximum atomic E-state index is 12.5. The van der Waals surface area contributed by atoms with E-state index in [-0.39, 0.29) is 17.2 Å². The number of carboxylic acids is 1. The van der Waals surface area contributed by atoms with Crippen LogP contribution in [0.2, 0.25) is 0 Å². The van der Waals surface area contributed by atoms with Crippen molar-refractivity contribution in [1.82, 2.24) is 4.31 Å². The lowest BCUT2D eigenvalue weighted by Gasteiger charge is -2.31. The highest BCUT2D eigenvalue weighted by atomic mass is 32.2. The first-order chi connectivity index (χ1) is 9.39. The molecule has 0 bridgehead atoms. The Morgan fingerprint density at radius 2 is 2.00 bits per heavy atom. The minimum Gasteiger partial charge on any atom is -0.481 e. The van der Waals surface area contributed by atoms with Gasteiger partial charge in [0.2, 0.25) is 10.0 Å². The van der Waals surface area contributed by atoms with Gasteiger partial charge in [0, 0.05) is 19.5 Å². The maximum Gasteiger partial charge on any atom is 0.303 e. The zero-order chi connectivity index (χ0) is 14.8. The van der Waals surface area contributed by atoms with Crippen LogP contribution in [0.5, 0.6) is 0 Å². The van der Waals surface area contributed by atoms with Crippen molar-refractivity contribution in [3.8, 4) is 0 Å². The van der Waals surface area contributed by atoms with E-state index in [9.17, 15) is 13.2 Å². The molecule has 6 heteroatoms. The molecule has 1 aliphatic heterocycles. The van der Waals surface area contributed by atoms with Crippen molar-refractivity contribution >= 4 is 16.0 Å². The summed E-state index contributed by atoms with van der Waals surface area (Å²) in [5.41, 5.74) is 1.01. The minimum atomic E-state index is -3.51. The topological polar surface area (TPSA) is 74.7 Å². The van der Waals surface area contributed by atoms with Crippen molar-refractivity contribution < 1.29 is 18.3 Å². The number of hydrogen-bond donors (Lipinski definition) is 1. The Balaban J connectivity index is 2.16. The van der Waals surface area contributed by atoms with Gasteiger partial charge in [-0.05, 0) is 37.8 Å². The lowest BCUT2D eigenvalue weighted by molar-refractivity contribution is -0.138. The lowest BCUT2D eigenvalue weighted by Crippen LogP contribution is -2.40. The van der Waals surface area contributed by atoms with Crippen LogP contribution in [0.15, 0.2) is 29.2 Å². The van der Waals surface area contributed by atoms with E-state index in [2.05, 4.69) is 0 Å². The molecule has 1 aromatic rings. The van der Waals surface area contributed by atoms with Crippen LogP contribution in [0.25, 0.3) is 0 Å². The monoisotopic (exact) mass is 297 g/mol. The van der Waals surface area contributed by atoms with Gasteiger partial charge >= 0.3 is 5.97 Å². The largest absolute Gasteiger partial charge is 0.481 e. The van der Waals surface area contributed by atoms with E-state index in [1.54, 1.807) is 24.3 Å². The summed E-state index contributed by atoms with van der Waals surface area (Å²) in [6.07, 6.45) is 1.51. The van der Waals surface area contributed by atoms with Crippen LogP contribution in [0.3, 0.4) is 0 Å². The third-order valence-electron chi connectivity index (χ3n) is 3.60. The van der Waals surface area contributed by atoms with Crippen molar-refractivity contribution in [1.29, 1.82) is 0 Å². The third kappa shape index (κ3) is 3.37. The summed E-state index contributed by atoms with van der Waals surface area (Å²) in [4.78, 5) is 11.0. The molecule has 1 heterocycles. The fourth-order valence-corrected chi connectivity index (χ4v) is 4.07. The smallest absolute Gasteiger partial charge is 0.303 e. The van der Waals surface area contributed by atoms with Crippen molar-refractivity contribution in [2.75, 3.05) is 13.1 Å². The number of aliphatic carboxylic acids is 1. The SMILES string of the molecule is Cc1ccc(S(=O)(=O)N2CCC[C@@H](CC(=O)O)C2)cc1. The van der Waals surface area contributed by atoms with Gasteiger partial charge in [-0.3, -0.25) is 4.79 Å². The molecular weight excluding hydrogens is 278 g/mol. The molecule has 110 valence electrons. The van der Waals surface area contributed by atoms with E-state index in [0.29, 0.717) is 19.5 Å². The van der Waals surface area contributed by atoms with Gasteiger partial charge in [-0.15, -0.1) is 0 Å². The molecule has 0 radical (unpaired) electrons. The Morgan fingerprint density at radius 1 is 1.35 bits per heavy atom. The summed E-state index contributed by atoms with van der Waals surface area (Å²) in [6.45, 7) is 2.66. The summed E-state index contributed by atoms with van der Waals surface area (Å²) in [5.74, 6) is -0.967. The molecule has 1 N–H and O–H groups in total. The minimum absolute atomic E-state index is 0.0277. The average Bonchev–Trinajstić information content (AvgIpc) is 2.39. The van der Waals surface area contributed by atoms with Gasteiger partial charge in [-0.2, -0.15) is 4.31 Å². The molecule has 2 rings (SSSR count). The number of carboxylic acid groups (broad SMARTS) is 1. The van der Waals surface area contributed by atoms with Crippen molar-refractivity contribution in [3.05, 3.63) is 29.8 Å². The fourth-order valence-electron chi connectivity index (χ4n) is 2.52. The molecule has 0 saturated carbocycles. The van der Waals surface area contributed by atoms with Crippen LogP contribution >= 0.6 is 0 Å². The third-order valence-corrected chi connectivity index (χ3v) is 5.48. The molecule has 0 aliphatic carbocycles. The Bertz CT molecular complexity index is 580. The average molecular weight is 297 g/mol. The molecule has 1 saturated heterocycles. The molecule has 1 atom stereocenters. The van der Waals surface area contributed by atoms with Gasteiger partial charge in [-0.1, -0.05) is 17.7 Å². The summed E-state index contributed by atoms with van der Waals surface area (Å²) in [7, 11) is -3.51. The molecule has 5 nitrogen and oxygen atoms in total. The first-order valence-electron chi connectivity index (χ1n) is 6.68. The second-order valence-electron chi connectivity index (χ2n) is 5.28. The summed E-state index contributed by atoms with van der Waals surface area (Å²) < 4.78 is 26.4. The second-order valence-corrected chi connectivity index (χ2v) is 7.22. The highest BCUT2D eigenvalue weighted by Crippen LogP contribution is 2.25. The molecule has 1 aromatic carbocycles. The van der Waals surface area contributed by atoms with Crippen LogP contribution in [-0.4, -0.2) is 36.9 Å². The summed E-state index contributed by atoms with van der Waals surface area (Å²) >= 11 is 0. The molecule has 20 heavy (non-hydrogen) atoms. The van der Waals surface area contributed by atoms with Crippen molar-refractivity contribution in [2.24, 2.45) is 5.92 Å². The highest BCUT2D eigenvalue weighted by molar-refractivity contribution is 7.89. The number of benzene rings is 1. The molecule has 1 fully saturated rings. The fraction of sp³-hybridized carbons (Fsp3) is 0.500. The Kier molecular flexibility index (Phi) is 4.45. The highest BCUT2D eigenvalue weighted by Gasteiger charge is 2.30. The molecule has 0 amide bonds. The van der Waals surface area contributed by atoms with Crippen molar-refractivity contribution in [2.45, 2.75) is 31.1 Å². The van der Waals surface area contributed by atoms with E-state index in [1.165, 1.54) is 4.31 Å². The number of hydrogen-bond acceptors (Lipinski definition) is 3. The van der Waals surface area contributed by atoms with E-state index < -0.39 is 16.0 Å². The standard InChI is InChI=1S/C14H19NO4S/c1-11-4-6-13(7-5-11)20(18,19)15-8-2-3-12(10-15)9-14(16)17/h4-7,12H,2-3,8-10H2,1H3,(H,16,17)/t12-/m0/s1. The summed E-state index contributed by atoms with van der Waals surface area (Å²) in [5, 5.41) is 8.83. The lowest BCUT2D eigenvalue weighted by atomic mass is 9.96. The Hall–Kier alpha value is -1.40. The van der Waals surface area contributed by atoms with Gasteiger partial charge < -0.3 is 5.11 Å². The molecule has 1 aliphatic rings. The molecule has 0 spiro atoms. The van der Waals surface area contributed by atoms with E-state index >= 15 is 0 Å². The van der Waals surface area contributed by atoms with Gasteiger partial charge in [0.15, 0.2) is 0 Å². The van der Waals surface area contributed by atoms with Crippen LogP contribution in [0.1, 0.15) is 24.8 Å². The van der Waals surface area contributed by atoms with Gasteiger partial charge in [0.25, 0.3) is 0 Å². The first kappa shape index (κ1) is 15.0. The zero-order valence-corrected chi connectivity index (χ0v) is 12.3. The molecule has 0 aromatic heterocycles. The number of rotatable bonds is 4. The van der Waals surface area contributed by atoms with Gasteiger partial charge in [-0.25, -0.2) is 8.42 Å². The van der Waals surface area contributed by atoms with Gasteiger partial charge in [0.1, 0.15) is 0 Å². The predicted octanol–water partition coefficient (Wildman–Crippen LogP) is 1.87. The van der Waals surface area contributed by atoms with E-state index in [0.717, 1.165) is 12.0 Å². The number of sulfonamides is 1. The number of aryl methyl sites for hydroxylation is 1. The zero-order valence-electron chi connectivity index (χ0n) is 11.4. The van der Waals surface area contributed by atoms with E-state index in [1.807, 2.05) is 6.92 Å². The van der Waals surface area contributed by atoms with Crippen LogP contribution < -0.4 is 0 Å². The molecular formula is C14H19NO4S. The van der Waals surface area contributed by atoms with E-state index in [4.69, 9.17) is 5.11 Å². The number of nitrogens with zero attached hydrogens (tertiary/aromatic N) is 1.